The lowest BCUT2D eigenvalue weighted by molar-refractivity contribution is -0.860. The van der Waals surface area contributed by atoms with Gasteiger partial charge in [0.2, 0.25) is 0 Å². The van der Waals surface area contributed by atoms with Gasteiger partial charge >= 0.3 is 0 Å². The maximum Gasteiger partial charge on any atom is 0.113 e. The molecule has 0 saturated carbocycles. The molecular formula is C16H42I2N2Si2. The molecule has 2 nitrogen and oxygen atoms in total. The van der Waals surface area contributed by atoms with E-state index >= 15 is 0 Å². The summed E-state index contributed by atoms with van der Waals surface area (Å²) in [4.78, 5) is 0. The molecule has 0 aliphatic heterocycles. The number of hydrogen-bond donors (Lipinski definition) is 0. The Hall–Kier alpha value is 1.81. The smallest absolute Gasteiger partial charge is 0.113 e. The van der Waals surface area contributed by atoms with Crippen molar-refractivity contribution in [1.29, 1.82) is 0 Å². The van der Waals surface area contributed by atoms with E-state index in [9.17, 15) is 0 Å². The maximum atomic E-state index is 2.57. The van der Waals surface area contributed by atoms with Gasteiger partial charge in [-0.15, -0.1) is 0 Å². The van der Waals surface area contributed by atoms with E-state index in [4.69, 9.17) is 0 Å². The fraction of sp³-hybridized carbons (Fsp3) is 1.00. The van der Waals surface area contributed by atoms with Crippen LogP contribution in [-0.2, 0) is 0 Å². The standard InChI is InChI=1S/C16H42N2Si2.2HI/c1-17(2,3)15-19(7,8)13-11-12-14-20(9,10)16-18(4,5)6;;/h11-16H2,1-10H3;2*1H/q+2;;/p-2. The van der Waals surface area contributed by atoms with Gasteiger partial charge in [0.1, 0.15) is 16.1 Å². The average Bonchev–Trinajstić information content (AvgIpc) is 2.04. The van der Waals surface area contributed by atoms with Gasteiger partial charge in [0.15, 0.2) is 0 Å². The van der Waals surface area contributed by atoms with Crippen molar-refractivity contribution in [2.45, 2.75) is 51.1 Å². The first-order chi connectivity index (χ1) is 8.62. The Kier molecular flexibility index (Phi) is 13.9. The number of nitrogens with zero attached hydrogens (tertiary/aromatic N) is 2. The Balaban J connectivity index is -0.00000180. The Morgan fingerprint density at radius 1 is 0.545 bits per heavy atom. The molecule has 0 aromatic rings. The molecule has 0 N–H and O–H groups in total. The second-order valence-corrected chi connectivity index (χ2v) is 20.7. The minimum Gasteiger partial charge on any atom is -1.00 e. The molecule has 0 amide bonds. The van der Waals surface area contributed by atoms with Gasteiger partial charge in [0, 0.05) is 0 Å². The van der Waals surface area contributed by atoms with Crippen LogP contribution in [0.5, 0.6) is 0 Å². The van der Waals surface area contributed by atoms with Gasteiger partial charge in [-0.25, -0.2) is 0 Å². The predicted octanol–water partition coefficient (Wildman–Crippen LogP) is -2.32. The number of rotatable bonds is 9. The number of halogens is 2. The summed E-state index contributed by atoms with van der Waals surface area (Å²) in [5.74, 6) is 0. The van der Waals surface area contributed by atoms with Crippen molar-refractivity contribution in [2.24, 2.45) is 0 Å². The van der Waals surface area contributed by atoms with Crippen molar-refractivity contribution in [3.8, 4) is 0 Å². The molecule has 0 heterocycles. The molecule has 138 valence electrons. The topological polar surface area (TPSA) is 0 Å². The van der Waals surface area contributed by atoms with E-state index in [1.807, 2.05) is 0 Å². The first-order valence-corrected chi connectivity index (χ1v) is 15.1. The minimum atomic E-state index is -0.998. The van der Waals surface area contributed by atoms with Crippen LogP contribution >= 0.6 is 0 Å². The molecule has 0 aromatic heterocycles. The summed E-state index contributed by atoms with van der Waals surface area (Å²) in [5, 5.41) is 0. The lowest BCUT2D eigenvalue weighted by atomic mass is 10.4. The minimum absolute atomic E-state index is 0. The van der Waals surface area contributed by atoms with Crippen molar-refractivity contribution in [3.63, 3.8) is 0 Å². The number of hydrogen-bond acceptors (Lipinski definition) is 0. The van der Waals surface area contributed by atoms with Crippen molar-refractivity contribution >= 4 is 16.1 Å². The summed E-state index contributed by atoms with van der Waals surface area (Å²) in [6, 6.07) is 3.02. The van der Waals surface area contributed by atoms with Gasteiger partial charge < -0.3 is 56.9 Å². The maximum absolute atomic E-state index is 2.57. The number of quaternary nitrogens is 2. The summed E-state index contributed by atoms with van der Waals surface area (Å²) in [7, 11) is 12.0. The van der Waals surface area contributed by atoms with Gasteiger partial charge in [0.05, 0.1) is 54.6 Å². The molecule has 0 aromatic carbocycles. The molecule has 0 spiro atoms. The molecule has 0 bridgehead atoms. The zero-order valence-electron chi connectivity index (χ0n) is 16.9. The Morgan fingerprint density at radius 3 is 0.955 bits per heavy atom. The molecule has 0 aliphatic rings. The van der Waals surface area contributed by atoms with Gasteiger partial charge in [-0.3, -0.25) is 0 Å². The third-order valence-electron chi connectivity index (χ3n) is 3.76. The highest BCUT2D eigenvalue weighted by Crippen LogP contribution is 2.21. The van der Waals surface area contributed by atoms with Gasteiger partial charge in [0.25, 0.3) is 0 Å². The molecule has 22 heavy (non-hydrogen) atoms. The SMILES string of the molecule is C[N+](C)(C)C[Si](C)(C)CCCC[Si](C)(C)C[N+](C)(C)C.[I-].[I-]. The molecular weight excluding hydrogens is 530 g/mol. The van der Waals surface area contributed by atoms with Gasteiger partial charge in [-0.2, -0.15) is 0 Å². The van der Waals surface area contributed by atoms with Crippen molar-refractivity contribution in [1.82, 2.24) is 0 Å². The monoisotopic (exact) mass is 572 g/mol. The van der Waals surface area contributed by atoms with Crippen LogP contribution in [0.3, 0.4) is 0 Å². The Morgan fingerprint density at radius 2 is 0.773 bits per heavy atom. The first-order valence-electron chi connectivity index (χ1n) is 8.23. The van der Waals surface area contributed by atoms with Crippen LogP contribution in [-0.4, -0.2) is 79.7 Å². The summed E-state index contributed by atoms with van der Waals surface area (Å²) < 4.78 is 2.28. The molecule has 0 saturated heterocycles. The molecule has 0 aliphatic carbocycles. The third kappa shape index (κ3) is 18.2. The fourth-order valence-corrected chi connectivity index (χ4v) is 11.8. The van der Waals surface area contributed by atoms with Crippen LogP contribution in [0.25, 0.3) is 0 Å². The lowest BCUT2D eigenvalue weighted by Crippen LogP contribution is -3.00. The van der Waals surface area contributed by atoms with Crippen LogP contribution in [0.2, 0.25) is 38.3 Å². The van der Waals surface area contributed by atoms with E-state index in [-0.39, 0.29) is 48.0 Å². The quantitative estimate of drug-likeness (QED) is 0.126. The average molecular weight is 573 g/mol. The highest BCUT2D eigenvalue weighted by Gasteiger charge is 2.30. The Bertz CT molecular complexity index is 266. The van der Waals surface area contributed by atoms with Crippen LogP contribution in [0.4, 0.5) is 0 Å². The van der Waals surface area contributed by atoms with Crippen molar-refractivity contribution in [2.75, 3.05) is 54.6 Å². The number of unbranched alkanes of at least 4 members (excludes halogenated alkanes) is 1. The molecule has 0 radical (unpaired) electrons. The van der Waals surface area contributed by atoms with E-state index in [1.165, 1.54) is 37.3 Å². The van der Waals surface area contributed by atoms with E-state index in [2.05, 4.69) is 68.5 Å². The molecule has 6 heteroatoms. The van der Waals surface area contributed by atoms with Gasteiger partial charge in [-0.1, -0.05) is 51.1 Å². The van der Waals surface area contributed by atoms with Crippen LogP contribution in [0.15, 0.2) is 0 Å². The zero-order valence-corrected chi connectivity index (χ0v) is 23.2. The summed E-state index contributed by atoms with van der Waals surface area (Å²) in [6.07, 6.45) is 5.75. The fourth-order valence-electron chi connectivity index (χ4n) is 3.93. The molecule has 0 unspecified atom stereocenters. The first kappa shape index (κ1) is 28.6. The van der Waals surface area contributed by atoms with Crippen LogP contribution in [0.1, 0.15) is 12.8 Å². The zero-order chi connectivity index (χ0) is 16.2. The second kappa shape index (κ2) is 10.7. The summed E-state index contributed by atoms with van der Waals surface area (Å²) >= 11 is 0. The summed E-state index contributed by atoms with van der Waals surface area (Å²) in [6.45, 7) is 10.3. The highest BCUT2D eigenvalue weighted by molar-refractivity contribution is 6.77. The largest absolute Gasteiger partial charge is 1.00 e. The molecule has 0 fully saturated rings. The molecule has 0 rings (SSSR count). The van der Waals surface area contributed by atoms with Gasteiger partial charge in [-0.05, 0) is 0 Å². The van der Waals surface area contributed by atoms with Crippen molar-refractivity contribution < 1.29 is 56.9 Å². The summed E-state index contributed by atoms with van der Waals surface area (Å²) in [5.41, 5.74) is 0. The van der Waals surface area contributed by atoms with E-state index in [1.54, 1.807) is 0 Å². The van der Waals surface area contributed by atoms with E-state index in [0.717, 1.165) is 8.97 Å². The molecule has 0 atom stereocenters. The third-order valence-corrected chi connectivity index (χ3v) is 10.8. The lowest BCUT2D eigenvalue weighted by Gasteiger charge is -2.34. The van der Waals surface area contributed by atoms with Crippen molar-refractivity contribution in [3.05, 3.63) is 0 Å². The van der Waals surface area contributed by atoms with E-state index in [0.29, 0.717) is 0 Å². The second-order valence-electron chi connectivity index (χ2n) is 10.4. The van der Waals surface area contributed by atoms with Crippen LogP contribution in [0, 0.1) is 0 Å². The Labute approximate surface area is 177 Å². The highest BCUT2D eigenvalue weighted by atomic mass is 127. The van der Waals surface area contributed by atoms with E-state index < -0.39 is 16.1 Å². The normalized spacial score (nSPS) is 13.4. The predicted molar refractivity (Wildman–Crippen MR) is 99.6 cm³/mol. The van der Waals surface area contributed by atoms with Crippen LogP contribution < -0.4 is 48.0 Å².